The van der Waals surface area contributed by atoms with Crippen molar-refractivity contribution in [2.24, 2.45) is 5.92 Å². The van der Waals surface area contributed by atoms with Crippen molar-refractivity contribution in [3.63, 3.8) is 0 Å². The molecule has 0 aromatic rings. The van der Waals surface area contributed by atoms with E-state index < -0.39 is 59.7 Å². The molecule has 0 bridgehead atoms. The summed E-state index contributed by atoms with van der Waals surface area (Å²) in [5, 5.41) is 0.976. The first-order valence-electron chi connectivity index (χ1n) is 8.26. The van der Waals surface area contributed by atoms with E-state index in [1.807, 2.05) is 0 Å². The maximum Gasteiger partial charge on any atom is 0.223 e. The van der Waals surface area contributed by atoms with Crippen molar-refractivity contribution in [1.82, 2.24) is 5.32 Å². The first-order valence-corrected chi connectivity index (χ1v) is 12.6. The molecule has 0 aliphatic heterocycles. The van der Waals surface area contributed by atoms with Gasteiger partial charge in [-0.2, -0.15) is 0 Å². The number of nitrogens with one attached hydrogen (secondary N) is 1. The van der Waals surface area contributed by atoms with E-state index in [1.54, 1.807) is 0 Å². The van der Waals surface area contributed by atoms with E-state index in [0.29, 0.717) is 19.3 Å². The number of amides is 1. The molecule has 0 aromatic heterocycles. The van der Waals surface area contributed by atoms with Gasteiger partial charge < -0.3 is 14.4 Å². The molecule has 6 unspecified atom stereocenters. The van der Waals surface area contributed by atoms with Crippen LogP contribution in [0.1, 0.15) is 44.9 Å². The molecule has 2 aliphatic rings. The smallest absolute Gasteiger partial charge is 0.223 e. The summed E-state index contributed by atoms with van der Waals surface area (Å²) in [6.07, 6.45) is 3.99. The molecule has 2 aliphatic carbocycles. The molecule has 6 atom stereocenters. The van der Waals surface area contributed by atoms with Gasteiger partial charge in [-0.3, -0.25) is 4.79 Å². The van der Waals surface area contributed by atoms with Crippen molar-refractivity contribution < 1.29 is 30.7 Å². The molecule has 146 valence electrons. The van der Waals surface area contributed by atoms with Crippen molar-refractivity contribution in [2.75, 3.05) is 6.26 Å². The normalized spacial score (nSPS) is 36.4. The summed E-state index contributed by atoms with van der Waals surface area (Å²) >= 11 is -4.25. The molecule has 0 heterocycles. The highest BCUT2D eigenvalue weighted by atomic mass is 32.2. The molecule has 0 spiro atoms. The van der Waals surface area contributed by atoms with Crippen LogP contribution < -0.4 is 5.32 Å². The van der Waals surface area contributed by atoms with Crippen molar-refractivity contribution in [3.05, 3.63) is 0 Å². The second-order valence-corrected chi connectivity index (χ2v) is 11.8. The number of hydrogen-bond acceptors (Lipinski definition) is 5. The second-order valence-electron chi connectivity index (χ2n) is 7.02. The zero-order valence-electron chi connectivity index (χ0n) is 14.0. The highest BCUT2D eigenvalue weighted by Crippen LogP contribution is 2.30. The lowest BCUT2D eigenvalue weighted by molar-refractivity contribution is -0.126. The average Bonchev–Trinajstić information content (AvgIpc) is 2.53. The van der Waals surface area contributed by atoms with Gasteiger partial charge in [-0.25, -0.2) is 16.8 Å². The first kappa shape index (κ1) is 20.9. The predicted molar refractivity (Wildman–Crippen MR) is 95.5 cm³/mol. The van der Waals surface area contributed by atoms with Crippen LogP contribution in [0.5, 0.6) is 0 Å². The minimum atomic E-state index is -3.19. The van der Waals surface area contributed by atoms with Gasteiger partial charge in [-0.15, -0.1) is 0 Å². The third-order valence-electron chi connectivity index (χ3n) is 5.14. The summed E-state index contributed by atoms with van der Waals surface area (Å²) in [4.78, 5) is 12.5. The molecular formula is C14H25NO7S3. The molecule has 2 rings (SSSR count). The zero-order chi connectivity index (χ0) is 18.8. The maximum absolute atomic E-state index is 12.5. The van der Waals surface area contributed by atoms with E-state index in [-0.39, 0.29) is 31.6 Å². The Balaban J connectivity index is 2.00. The fourth-order valence-electron chi connectivity index (χ4n) is 3.75. The Bertz CT molecular complexity index is 629. The largest absolute Gasteiger partial charge is 0.353 e. The van der Waals surface area contributed by atoms with Crippen LogP contribution in [0.3, 0.4) is 0 Å². The van der Waals surface area contributed by atoms with Gasteiger partial charge in [0, 0.05) is 18.2 Å². The number of carbonyl (C=O) groups is 1. The van der Waals surface area contributed by atoms with Gasteiger partial charge in [-0.05, 0) is 38.5 Å². The summed E-state index contributed by atoms with van der Waals surface area (Å²) in [7, 11) is -3.19. The van der Waals surface area contributed by atoms with Crippen molar-refractivity contribution >= 4 is 37.9 Å². The van der Waals surface area contributed by atoms with Crippen LogP contribution in [-0.2, 0) is 36.8 Å². The van der Waals surface area contributed by atoms with E-state index in [0.717, 1.165) is 0 Å². The maximum atomic E-state index is 12.5. The third kappa shape index (κ3) is 5.81. The summed E-state index contributed by atoms with van der Waals surface area (Å²) in [6.45, 7) is 0. The zero-order valence-corrected chi connectivity index (χ0v) is 16.4. The van der Waals surface area contributed by atoms with Crippen molar-refractivity contribution in [3.8, 4) is 0 Å². The summed E-state index contributed by atoms with van der Waals surface area (Å²) in [6, 6.07) is -0.456. The fraction of sp³-hybridized carbons (Fsp3) is 0.929. The minimum Gasteiger partial charge on any atom is -0.353 e. The predicted octanol–water partition coefficient (Wildman–Crippen LogP) is 0.439. The van der Waals surface area contributed by atoms with Crippen LogP contribution in [0.4, 0.5) is 0 Å². The molecule has 2 saturated carbocycles. The standard InChI is InChI=1S/C14H25NO7S3/c1-25(21,22)13-4-2-3-9(5-13)14(16)15-10-6-11(23(17)18)8-12(7-10)24(19)20/h9-13H,2-8H2,1H3,(H,15,16)(H,17,18)(H,19,20). The van der Waals surface area contributed by atoms with Crippen LogP contribution in [0.2, 0.25) is 0 Å². The first-order chi connectivity index (χ1) is 11.6. The van der Waals surface area contributed by atoms with Crippen LogP contribution in [-0.4, -0.2) is 59.9 Å². The molecular weight excluding hydrogens is 390 g/mol. The monoisotopic (exact) mass is 415 g/mol. The fourth-order valence-corrected chi connectivity index (χ4v) is 6.64. The van der Waals surface area contributed by atoms with Crippen molar-refractivity contribution in [1.29, 1.82) is 0 Å². The molecule has 0 aromatic carbocycles. The van der Waals surface area contributed by atoms with Crippen LogP contribution in [0, 0.1) is 5.92 Å². The van der Waals surface area contributed by atoms with E-state index in [2.05, 4.69) is 5.32 Å². The molecule has 8 nitrogen and oxygen atoms in total. The second kappa shape index (κ2) is 8.55. The molecule has 0 saturated heterocycles. The number of carbonyl (C=O) groups excluding carboxylic acids is 1. The van der Waals surface area contributed by atoms with E-state index in [1.165, 1.54) is 6.26 Å². The van der Waals surface area contributed by atoms with Gasteiger partial charge in [0.25, 0.3) is 0 Å². The van der Waals surface area contributed by atoms with E-state index >= 15 is 0 Å². The lowest BCUT2D eigenvalue weighted by Gasteiger charge is -2.34. The van der Waals surface area contributed by atoms with Gasteiger partial charge in [0.1, 0.15) is 9.84 Å². The van der Waals surface area contributed by atoms with E-state index in [4.69, 9.17) is 0 Å². The van der Waals surface area contributed by atoms with E-state index in [9.17, 15) is 30.7 Å². The van der Waals surface area contributed by atoms with Gasteiger partial charge in [0.05, 0.1) is 15.7 Å². The Kier molecular flexibility index (Phi) is 7.17. The Morgan fingerprint density at radius 2 is 1.56 bits per heavy atom. The Labute approximate surface area is 153 Å². The molecule has 0 radical (unpaired) electrons. The topological polar surface area (TPSA) is 138 Å². The van der Waals surface area contributed by atoms with Gasteiger partial charge in [-0.1, -0.05) is 6.42 Å². The highest BCUT2D eigenvalue weighted by molar-refractivity contribution is 7.91. The summed E-state index contributed by atoms with van der Waals surface area (Å²) < 4.78 is 64.8. The van der Waals surface area contributed by atoms with Crippen molar-refractivity contribution in [2.45, 2.75) is 66.7 Å². The minimum absolute atomic E-state index is 0.165. The average molecular weight is 416 g/mol. The van der Waals surface area contributed by atoms with Gasteiger partial charge in [0.15, 0.2) is 22.2 Å². The SMILES string of the molecule is CS(=O)(=O)C1CCCC(C(=O)NC2CC(S(=O)O)CC(S(=O)O)C2)C1. The third-order valence-corrected chi connectivity index (χ3v) is 8.69. The number of rotatable bonds is 5. The molecule has 1 amide bonds. The molecule has 25 heavy (non-hydrogen) atoms. The molecule has 3 N–H and O–H groups in total. The lowest BCUT2D eigenvalue weighted by Crippen LogP contribution is -2.48. The molecule has 11 heteroatoms. The van der Waals surface area contributed by atoms with Gasteiger partial charge in [0.2, 0.25) is 5.91 Å². The summed E-state index contributed by atoms with van der Waals surface area (Å²) in [5.41, 5.74) is 0. The number of hydrogen-bond donors (Lipinski definition) is 3. The quantitative estimate of drug-likeness (QED) is 0.554. The summed E-state index contributed by atoms with van der Waals surface area (Å²) in [5.74, 6) is -0.684. The lowest BCUT2D eigenvalue weighted by atomic mass is 9.87. The van der Waals surface area contributed by atoms with Crippen LogP contribution in [0.15, 0.2) is 0 Å². The Hall–Kier alpha value is -0.360. The number of sulfone groups is 1. The highest BCUT2D eigenvalue weighted by Gasteiger charge is 2.37. The van der Waals surface area contributed by atoms with Crippen LogP contribution in [0.25, 0.3) is 0 Å². The van der Waals surface area contributed by atoms with Crippen LogP contribution >= 0.6 is 0 Å². The Morgan fingerprint density at radius 1 is 1.00 bits per heavy atom. The molecule has 2 fully saturated rings. The Morgan fingerprint density at radius 3 is 2.04 bits per heavy atom. The van der Waals surface area contributed by atoms with Gasteiger partial charge >= 0.3 is 0 Å².